The van der Waals surface area contributed by atoms with Crippen LogP contribution in [0.25, 0.3) is 21.9 Å². The number of halogens is 1. The van der Waals surface area contributed by atoms with Gasteiger partial charge in [-0.2, -0.15) is 0 Å². The van der Waals surface area contributed by atoms with Crippen LogP contribution < -0.4 is 4.74 Å². The lowest BCUT2D eigenvalue weighted by atomic mass is 9.95. The number of benzene rings is 3. The maximum absolute atomic E-state index is 6.03. The Morgan fingerprint density at radius 1 is 0.778 bits per heavy atom. The van der Waals surface area contributed by atoms with Gasteiger partial charge >= 0.3 is 0 Å². The first-order chi connectivity index (χ1) is 8.84. The Hall–Kier alpha value is -1.80. The minimum Gasteiger partial charge on any atom is -0.455 e. The molecule has 0 N–H and O–H groups in total. The lowest BCUT2D eigenvalue weighted by Gasteiger charge is -2.21. The van der Waals surface area contributed by atoms with Crippen molar-refractivity contribution in [1.82, 2.24) is 0 Å². The molecule has 0 bridgehead atoms. The van der Waals surface area contributed by atoms with Crippen LogP contribution in [0.3, 0.4) is 0 Å². The number of fused-ring (bicyclic) bond motifs is 2. The summed E-state index contributed by atoms with van der Waals surface area (Å²) in [6, 6.07) is 18.7. The molecular weight excluding hydrogens is 288 g/mol. The van der Waals surface area contributed by atoms with E-state index in [4.69, 9.17) is 4.74 Å². The Morgan fingerprint density at radius 2 is 1.61 bits per heavy atom. The third kappa shape index (κ3) is 1.27. The predicted octanol–water partition coefficient (Wildman–Crippen LogP) is 5.38. The van der Waals surface area contributed by atoms with Gasteiger partial charge in [0.2, 0.25) is 0 Å². The Balaban J connectivity index is 2.23. The van der Waals surface area contributed by atoms with E-state index in [1.807, 2.05) is 24.3 Å². The van der Waals surface area contributed by atoms with E-state index < -0.39 is 0 Å². The van der Waals surface area contributed by atoms with Gasteiger partial charge in [-0.3, -0.25) is 0 Å². The molecule has 0 unspecified atom stereocenters. The molecule has 1 nitrogen and oxygen atoms in total. The fraction of sp³-hybridized carbons (Fsp3) is 0. The van der Waals surface area contributed by atoms with Crippen LogP contribution in [0.15, 0.2) is 59.1 Å². The minimum absolute atomic E-state index is 0.918. The van der Waals surface area contributed by atoms with Gasteiger partial charge in [-0.25, -0.2) is 0 Å². The van der Waals surface area contributed by atoms with E-state index in [2.05, 4.69) is 46.3 Å². The molecule has 0 aromatic heterocycles. The molecule has 0 radical (unpaired) electrons. The third-order valence-corrected chi connectivity index (χ3v) is 3.96. The van der Waals surface area contributed by atoms with Crippen LogP contribution in [-0.4, -0.2) is 0 Å². The van der Waals surface area contributed by atoms with Gasteiger partial charge in [0.05, 0.1) is 4.47 Å². The monoisotopic (exact) mass is 296 g/mol. The van der Waals surface area contributed by atoms with Gasteiger partial charge in [-0.05, 0) is 39.0 Å². The van der Waals surface area contributed by atoms with E-state index in [0.717, 1.165) is 21.5 Å². The molecule has 0 fully saturated rings. The second kappa shape index (κ2) is 3.59. The first kappa shape index (κ1) is 10.2. The zero-order valence-electron chi connectivity index (χ0n) is 9.48. The molecule has 0 atom stereocenters. The van der Waals surface area contributed by atoms with Crippen molar-refractivity contribution in [3.63, 3.8) is 0 Å². The maximum Gasteiger partial charge on any atom is 0.150 e. The van der Waals surface area contributed by atoms with Gasteiger partial charge in [0.25, 0.3) is 0 Å². The predicted molar refractivity (Wildman–Crippen MR) is 77.2 cm³/mol. The summed E-state index contributed by atoms with van der Waals surface area (Å²) in [5.74, 6) is 1.84. The fourth-order valence-corrected chi connectivity index (χ4v) is 2.94. The van der Waals surface area contributed by atoms with Gasteiger partial charge in [-0.1, -0.05) is 42.5 Å². The van der Waals surface area contributed by atoms with E-state index in [1.165, 1.54) is 16.3 Å². The molecule has 18 heavy (non-hydrogen) atoms. The standard InChI is InChI=1S/C16H9BrO/c17-13-9-8-10-4-3-6-12-11-5-1-2-7-14(11)18-16(13)15(10)12/h1-9H. The summed E-state index contributed by atoms with van der Waals surface area (Å²) < 4.78 is 7.03. The van der Waals surface area contributed by atoms with Crippen molar-refractivity contribution in [2.75, 3.05) is 0 Å². The third-order valence-electron chi connectivity index (χ3n) is 3.34. The van der Waals surface area contributed by atoms with Crippen molar-refractivity contribution in [3.8, 4) is 22.6 Å². The molecule has 3 aromatic carbocycles. The highest BCUT2D eigenvalue weighted by atomic mass is 79.9. The maximum atomic E-state index is 6.03. The van der Waals surface area contributed by atoms with E-state index in [1.54, 1.807) is 0 Å². The first-order valence-corrected chi connectivity index (χ1v) is 6.62. The number of hydrogen-bond acceptors (Lipinski definition) is 1. The minimum atomic E-state index is 0.918. The highest BCUT2D eigenvalue weighted by Gasteiger charge is 2.20. The molecule has 2 heteroatoms. The van der Waals surface area contributed by atoms with Crippen molar-refractivity contribution in [3.05, 3.63) is 59.1 Å². The summed E-state index contributed by atoms with van der Waals surface area (Å²) in [5.41, 5.74) is 2.40. The van der Waals surface area contributed by atoms with Crippen molar-refractivity contribution < 1.29 is 4.74 Å². The highest BCUT2D eigenvalue weighted by Crippen LogP contribution is 2.48. The quantitative estimate of drug-likeness (QED) is 0.423. The van der Waals surface area contributed by atoms with Crippen LogP contribution in [0.4, 0.5) is 0 Å². The zero-order chi connectivity index (χ0) is 12.1. The second-order valence-electron chi connectivity index (χ2n) is 4.38. The van der Waals surface area contributed by atoms with E-state index in [-0.39, 0.29) is 0 Å². The largest absolute Gasteiger partial charge is 0.455 e. The molecule has 86 valence electrons. The fourth-order valence-electron chi connectivity index (χ4n) is 2.53. The molecule has 0 aliphatic carbocycles. The topological polar surface area (TPSA) is 9.23 Å². The van der Waals surface area contributed by atoms with Gasteiger partial charge in [0, 0.05) is 10.9 Å². The van der Waals surface area contributed by atoms with Gasteiger partial charge in [-0.15, -0.1) is 0 Å². The summed E-state index contributed by atoms with van der Waals surface area (Å²) >= 11 is 3.57. The van der Waals surface area contributed by atoms with Crippen LogP contribution in [0.2, 0.25) is 0 Å². The molecule has 1 aliphatic rings. The summed E-state index contributed by atoms with van der Waals surface area (Å²) in [7, 11) is 0. The molecule has 0 saturated carbocycles. The average molecular weight is 297 g/mol. The van der Waals surface area contributed by atoms with Crippen LogP contribution >= 0.6 is 15.9 Å². The Bertz CT molecular complexity index is 777. The molecule has 0 amide bonds. The SMILES string of the molecule is Brc1ccc2cccc3c2c1Oc1ccccc1-3. The number of hydrogen-bond donors (Lipinski definition) is 0. The van der Waals surface area contributed by atoms with E-state index >= 15 is 0 Å². The molecule has 1 aliphatic heterocycles. The van der Waals surface area contributed by atoms with Gasteiger partial charge < -0.3 is 4.74 Å². The van der Waals surface area contributed by atoms with Crippen LogP contribution in [-0.2, 0) is 0 Å². The van der Waals surface area contributed by atoms with Gasteiger partial charge in [0.1, 0.15) is 11.5 Å². The lowest BCUT2D eigenvalue weighted by molar-refractivity contribution is 0.484. The smallest absolute Gasteiger partial charge is 0.150 e. The summed E-state index contributed by atoms with van der Waals surface area (Å²) in [4.78, 5) is 0. The molecule has 0 spiro atoms. The number of para-hydroxylation sites is 1. The Kier molecular flexibility index (Phi) is 2.03. The van der Waals surface area contributed by atoms with E-state index in [9.17, 15) is 0 Å². The molecule has 0 saturated heterocycles. The van der Waals surface area contributed by atoms with Crippen molar-refractivity contribution >= 4 is 26.7 Å². The lowest BCUT2D eigenvalue weighted by Crippen LogP contribution is -1.97. The van der Waals surface area contributed by atoms with Crippen LogP contribution in [0.5, 0.6) is 11.5 Å². The summed E-state index contributed by atoms with van der Waals surface area (Å²) in [5, 5.41) is 2.39. The highest BCUT2D eigenvalue weighted by molar-refractivity contribution is 9.10. The zero-order valence-corrected chi connectivity index (χ0v) is 11.1. The Morgan fingerprint density at radius 3 is 2.56 bits per heavy atom. The van der Waals surface area contributed by atoms with Gasteiger partial charge in [0.15, 0.2) is 0 Å². The molecular formula is C16H9BrO. The van der Waals surface area contributed by atoms with Crippen molar-refractivity contribution in [2.24, 2.45) is 0 Å². The number of ether oxygens (including phenoxy) is 1. The summed E-state index contributed by atoms with van der Waals surface area (Å²) in [6.07, 6.45) is 0. The summed E-state index contributed by atoms with van der Waals surface area (Å²) in [6.45, 7) is 0. The Labute approximate surface area is 113 Å². The molecule has 1 heterocycles. The second-order valence-corrected chi connectivity index (χ2v) is 5.23. The van der Waals surface area contributed by atoms with Crippen molar-refractivity contribution in [1.29, 1.82) is 0 Å². The normalized spacial score (nSPS) is 12.1. The number of rotatable bonds is 0. The first-order valence-electron chi connectivity index (χ1n) is 5.83. The average Bonchev–Trinajstić information content (AvgIpc) is 2.43. The van der Waals surface area contributed by atoms with Crippen LogP contribution in [0.1, 0.15) is 0 Å². The molecule has 4 rings (SSSR count). The van der Waals surface area contributed by atoms with E-state index in [0.29, 0.717) is 0 Å². The molecule has 3 aromatic rings. The van der Waals surface area contributed by atoms with Crippen LogP contribution in [0, 0.1) is 0 Å². The van der Waals surface area contributed by atoms with Crippen molar-refractivity contribution in [2.45, 2.75) is 0 Å².